The van der Waals surface area contributed by atoms with Crippen LogP contribution < -0.4 is 9.46 Å². The summed E-state index contributed by atoms with van der Waals surface area (Å²) in [6.45, 7) is 9.88. The highest BCUT2D eigenvalue weighted by molar-refractivity contribution is 7.92. The highest BCUT2D eigenvalue weighted by Gasteiger charge is 2.30. The van der Waals surface area contributed by atoms with Crippen LogP contribution in [-0.4, -0.2) is 80.8 Å². The van der Waals surface area contributed by atoms with Crippen molar-refractivity contribution < 1.29 is 27.8 Å². The third-order valence-electron chi connectivity index (χ3n) is 8.42. The maximum atomic E-state index is 14.4. The average molecular weight is 652 g/mol. The van der Waals surface area contributed by atoms with E-state index in [4.69, 9.17) is 9.47 Å². The molecular weight excluding hydrogens is 602 g/mol. The molecule has 1 aliphatic rings. The third-order valence-corrected chi connectivity index (χ3v) is 9.82. The average Bonchev–Trinajstić information content (AvgIpc) is 3.03. The Morgan fingerprint density at radius 2 is 1.76 bits per heavy atom. The van der Waals surface area contributed by atoms with Crippen LogP contribution in [0.15, 0.2) is 77.7 Å². The number of anilines is 1. The topological polar surface area (TPSA) is 108 Å². The SMILES string of the molecule is Cc1ccc(S(=O)(=O)Nc2ccc3c(c2)C(=O)N([C@H](C)CO)C[C@H](C)[C@H](CN(C)Cc2ccccc2)OCCCC[C@@H](C)O3)cc1. The molecule has 0 spiro atoms. The number of nitrogens with one attached hydrogen (secondary N) is 1. The molecule has 0 aliphatic carbocycles. The Labute approximate surface area is 274 Å². The zero-order valence-corrected chi connectivity index (χ0v) is 28.5. The molecule has 0 fully saturated rings. The Morgan fingerprint density at radius 1 is 1.04 bits per heavy atom. The van der Waals surface area contributed by atoms with E-state index < -0.39 is 16.1 Å². The predicted octanol–water partition coefficient (Wildman–Crippen LogP) is 5.72. The first kappa shape index (κ1) is 35.4. The molecular formula is C36H49N3O6S. The van der Waals surface area contributed by atoms with Crippen molar-refractivity contribution in [2.75, 3.05) is 38.1 Å². The molecule has 0 aromatic heterocycles. The fourth-order valence-electron chi connectivity index (χ4n) is 5.65. The van der Waals surface area contributed by atoms with Crippen molar-refractivity contribution in [1.82, 2.24) is 9.80 Å². The number of amides is 1. The molecule has 3 aromatic rings. The van der Waals surface area contributed by atoms with Crippen molar-refractivity contribution in [1.29, 1.82) is 0 Å². The number of rotatable bonds is 9. The van der Waals surface area contributed by atoms with E-state index >= 15 is 0 Å². The van der Waals surface area contributed by atoms with Crippen LogP contribution in [0.2, 0.25) is 0 Å². The van der Waals surface area contributed by atoms with Gasteiger partial charge in [0, 0.05) is 37.8 Å². The van der Waals surface area contributed by atoms with Crippen molar-refractivity contribution in [2.24, 2.45) is 5.92 Å². The first-order chi connectivity index (χ1) is 22.0. The van der Waals surface area contributed by atoms with E-state index in [-0.39, 0.29) is 46.8 Å². The summed E-state index contributed by atoms with van der Waals surface area (Å²) in [7, 11) is -1.82. The Balaban J connectivity index is 1.64. The van der Waals surface area contributed by atoms with Gasteiger partial charge in [0.05, 0.1) is 35.3 Å². The minimum absolute atomic E-state index is 0.0642. The van der Waals surface area contributed by atoms with Gasteiger partial charge in [0.25, 0.3) is 15.9 Å². The van der Waals surface area contributed by atoms with Crippen LogP contribution in [0, 0.1) is 12.8 Å². The first-order valence-corrected chi connectivity index (χ1v) is 17.6. The molecule has 0 unspecified atom stereocenters. The van der Waals surface area contributed by atoms with Crippen LogP contribution in [0.4, 0.5) is 5.69 Å². The summed E-state index contributed by atoms with van der Waals surface area (Å²) in [5.41, 5.74) is 2.64. The lowest BCUT2D eigenvalue weighted by molar-refractivity contribution is -0.0177. The van der Waals surface area contributed by atoms with Crippen molar-refractivity contribution in [3.05, 3.63) is 89.5 Å². The summed E-state index contributed by atoms with van der Waals surface area (Å²) in [4.78, 5) is 18.4. The normalized spacial score (nSPS) is 20.8. The molecule has 0 bridgehead atoms. The number of carbonyl (C=O) groups is 1. The quantitative estimate of drug-likeness (QED) is 0.305. The molecule has 1 heterocycles. The second-order valence-corrected chi connectivity index (χ2v) is 14.3. The minimum Gasteiger partial charge on any atom is -0.490 e. The van der Waals surface area contributed by atoms with Crippen LogP contribution in [0.5, 0.6) is 5.75 Å². The van der Waals surface area contributed by atoms with Gasteiger partial charge in [0.2, 0.25) is 0 Å². The van der Waals surface area contributed by atoms with Gasteiger partial charge in [-0.25, -0.2) is 8.42 Å². The summed E-state index contributed by atoms with van der Waals surface area (Å²) in [6.07, 6.45) is 2.21. The number of benzene rings is 3. The van der Waals surface area contributed by atoms with Crippen molar-refractivity contribution in [2.45, 2.75) is 76.6 Å². The van der Waals surface area contributed by atoms with Crippen LogP contribution >= 0.6 is 0 Å². The number of sulfonamides is 1. The number of nitrogens with zero attached hydrogens (tertiary/aromatic N) is 2. The molecule has 0 saturated heterocycles. The lowest BCUT2D eigenvalue weighted by atomic mass is 10.0. The fraction of sp³-hybridized carbons (Fsp3) is 0.472. The Morgan fingerprint density at radius 3 is 2.46 bits per heavy atom. The van der Waals surface area contributed by atoms with Crippen LogP contribution in [-0.2, 0) is 21.3 Å². The van der Waals surface area contributed by atoms with Gasteiger partial charge in [-0.15, -0.1) is 0 Å². The van der Waals surface area contributed by atoms with Gasteiger partial charge in [0.15, 0.2) is 0 Å². The molecule has 10 heteroatoms. The van der Waals surface area contributed by atoms with Gasteiger partial charge >= 0.3 is 0 Å². The number of aryl methyl sites for hydroxylation is 1. The monoisotopic (exact) mass is 651 g/mol. The molecule has 46 heavy (non-hydrogen) atoms. The van der Waals surface area contributed by atoms with E-state index in [9.17, 15) is 18.3 Å². The van der Waals surface area contributed by atoms with Gasteiger partial charge in [-0.3, -0.25) is 14.4 Å². The van der Waals surface area contributed by atoms with Gasteiger partial charge in [-0.1, -0.05) is 55.0 Å². The van der Waals surface area contributed by atoms with E-state index in [2.05, 4.69) is 35.7 Å². The molecule has 1 aliphatic heterocycles. The first-order valence-electron chi connectivity index (χ1n) is 16.1. The summed E-state index contributed by atoms with van der Waals surface area (Å²) in [5.74, 6) is -0.0305. The maximum absolute atomic E-state index is 14.4. The molecule has 0 saturated carbocycles. The van der Waals surface area contributed by atoms with E-state index in [0.717, 1.165) is 31.4 Å². The second-order valence-electron chi connectivity index (χ2n) is 12.6. The number of aliphatic hydroxyl groups excluding tert-OH is 1. The van der Waals surface area contributed by atoms with Crippen molar-refractivity contribution in [3.63, 3.8) is 0 Å². The predicted molar refractivity (Wildman–Crippen MR) is 182 cm³/mol. The van der Waals surface area contributed by atoms with Crippen LogP contribution in [0.1, 0.15) is 61.5 Å². The Bertz CT molecular complexity index is 1520. The van der Waals surface area contributed by atoms with E-state index in [0.29, 0.717) is 25.4 Å². The number of likely N-dealkylation sites (N-methyl/N-ethyl adjacent to an activating group) is 1. The minimum atomic E-state index is -3.90. The van der Waals surface area contributed by atoms with Gasteiger partial charge in [-0.2, -0.15) is 0 Å². The number of carbonyl (C=O) groups excluding carboxylic acids is 1. The Kier molecular flexibility index (Phi) is 12.6. The molecule has 1 amide bonds. The molecule has 3 aromatic carbocycles. The summed E-state index contributed by atoms with van der Waals surface area (Å²) >= 11 is 0. The highest BCUT2D eigenvalue weighted by atomic mass is 32.2. The number of hydrogen-bond acceptors (Lipinski definition) is 7. The molecule has 4 atom stereocenters. The standard InChI is InChI=1S/C36H49N3O6S/c1-26-14-17-32(18-15-26)46(42,43)37-31-16-19-34-33(21-31)36(41)39(28(3)25-40)22-27(2)35(44-20-10-9-11-29(4)45-34)24-38(5)23-30-12-7-6-8-13-30/h6-8,12-19,21,27-29,35,37,40H,9-11,20,22-25H2,1-5H3/t27-,28+,29+,35-/m0/s1. The largest absolute Gasteiger partial charge is 0.490 e. The summed E-state index contributed by atoms with van der Waals surface area (Å²) < 4.78 is 41.8. The fourth-order valence-corrected chi connectivity index (χ4v) is 6.70. The molecule has 0 radical (unpaired) electrons. The molecule has 250 valence electrons. The molecule has 9 nitrogen and oxygen atoms in total. The zero-order valence-electron chi connectivity index (χ0n) is 27.7. The van der Waals surface area contributed by atoms with E-state index in [1.54, 1.807) is 48.2 Å². The van der Waals surface area contributed by atoms with Crippen molar-refractivity contribution in [3.8, 4) is 5.75 Å². The van der Waals surface area contributed by atoms with Gasteiger partial charge in [-0.05, 0) is 83.0 Å². The summed E-state index contributed by atoms with van der Waals surface area (Å²) in [6, 6.07) is 21.2. The summed E-state index contributed by atoms with van der Waals surface area (Å²) in [5, 5.41) is 10.2. The number of ether oxygens (including phenoxy) is 2. The van der Waals surface area contributed by atoms with Crippen LogP contribution in [0.25, 0.3) is 0 Å². The zero-order chi connectivity index (χ0) is 33.3. The number of aliphatic hydroxyl groups is 1. The second kappa shape index (κ2) is 16.4. The molecule has 4 rings (SSSR count). The van der Waals surface area contributed by atoms with Gasteiger partial charge < -0.3 is 19.5 Å². The van der Waals surface area contributed by atoms with Gasteiger partial charge in [0.1, 0.15) is 5.75 Å². The molecule has 2 N–H and O–H groups in total. The lowest BCUT2D eigenvalue weighted by Gasteiger charge is -2.36. The number of hydrogen-bond donors (Lipinski definition) is 2. The number of fused-ring (bicyclic) bond motifs is 1. The van der Waals surface area contributed by atoms with Crippen molar-refractivity contribution >= 4 is 21.6 Å². The Hall–Kier alpha value is -3.44. The van der Waals surface area contributed by atoms with Crippen LogP contribution in [0.3, 0.4) is 0 Å². The lowest BCUT2D eigenvalue weighted by Crippen LogP contribution is -2.47. The van der Waals surface area contributed by atoms with E-state index in [1.165, 1.54) is 11.6 Å². The smallest absolute Gasteiger partial charge is 0.261 e. The highest BCUT2D eigenvalue weighted by Crippen LogP contribution is 2.29. The maximum Gasteiger partial charge on any atom is 0.261 e. The third kappa shape index (κ3) is 9.78. The van der Waals surface area contributed by atoms with E-state index in [1.807, 2.05) is 32.0 Å².